The summed E-state index contributed by atoms with van der Waals surface area (Å²) in [7, 11) is 1.45. The molecule has 0 aliphatic carbocycles. The van der Waals surface area contributed by atoms with Gasteiger partial charge < -0.3 is 29.7 Å². The van der Waals surface area contributed by atoms with Crippen LogP contribution in [0.25, 0.3) is 0 Å². The predicted molar refractivity (Wildman–Crippen MR) is 172 cm³/mol. The van der Waals surface area contributed by atoms with Crippen molar-refractivity contribution in [3.05, 3.63) is 53.7 Å². The van der Waals surface area contributed by atoms with Gasteiger partial charge in [-0.25, -0.2) is 15.0 Å². The Morgan fingerprint density at radius 3 is 2.29 bits per heavy atom. The van der Waals surface area contributed by atoms with Crippen LogP contribution in [0, 0.1) is 0 Å². The fourth-order valence-electron chi connectivity index (χ4n) is 6.08. The fraction of sp³-hybridized carbons (Fsp3) is 0.467. The Bertz CT molecular complexity index is 1430. The van der Waals surface area contributed by atoms with Gasteiger partial charge in [0.15, 0.2) is 5.82 Å². The van der Waals surface area contributed by atoms with Gasteiger partial charge in [-0.2, -0.15) is 4.98 Å². The van der Waals surface area contributed by atoms with Crippen LogP contribution in [0.15, 0.2) is 48.7 Å². The van der Waals surface area contributed by atoms with Gasteiger partial charge in [0.1, 0.15) is 17.9 Å². The third-order valence-electron chi connectivity index (χ3n) is 8.56. The molecule has 0 atom stereocenters. The number of rotatable bonds is 8. The molecular formula is C30H40ClN8O2P. The number of hydrogen-bond donors (Lipinski definition) is 2. The molecule has 12 heteroatoms. The van der Waals surface area contributed by atoms with Gasteiger partial charge in [0.2, 0.25) is 5.95 Å². The van der Waals surface area contributed by atoms with Crippen LogP contribution in [0.1, 0.15) is 12.8 Å². The van der Waals surface area contributed by atoms with Gasteiger partial charge in [0, 0.05) is 81.7 Å². The summed E-state index contributed by atoms with van der Waals surface area (Å²) in [6, 6.07) is 14.0. The van der Waals surface area contributed by atoms with Gasteiger partial charge in [0.25, 0.3) is 0 Å². The molecule has 3 aromatic rings. The van der Waals surface area contributed by atoms with Gasteiger partial charge in [-0.05, 0) is 44.2 Å². The standard InChI is InChI=1S/C30H40ClN8O2P/c1-36-11-15-38(16-12-36)39-17-13-37(14-18-39)23-9-10-25(27(21-23)41-2)34-30-32-22-24(31)29(35-30)33-26-7-3-4-8-28(26)42(40)19-5-6-20-42/h3-4,7-10,21-22H,5-6,11-20H2,1-2H3,(H2,32,33,34,35). The molecule has 0 unspecified atom stereocenters. The van der Waals surface area contributed by atoms with Crippen molar-refractivity contribution in [1.82, 2.24) is 24.9 Å². The quantitative estimate of drug-likeness (QED) is 0.350. The zero-order valence-electron chi connectivity index (χ0n) is 24.4. The van der Waals surface area contributed by atoms with Crippen molar-refractivity contribution in [2.75, 3.05) is 94.4 Å². The van der Waals surface area contributed by atoms with Crippen LogP contribution in [0.4, 0.5) is 28.8 Å². The number of hydrazine groups is 1. The summed E-state index contributed by atoms with van der Waals surface area (Å²) in [5.74, 6) is 1.56. The van der Waals surface area contributed by atoms with E-state index in [1.54, 1.807) is 13.3 Å². The van der Waals surface area contributed by atoms with E-state index in [2.05, 4.69) is 59.6 Å². The van der Waals surface area contributed by atoms with Crippen molar-refractivity contribution in [3.63, 3.8) is 0 Å². The molecule has 0 radical (unpaired) electrons. The molecular weight excluding hydrogens is 571 g/mol. The maximum atomic E-state index is 13.6. The molecule has 10 nitrogen and oxygen atoms in total. The van der Waals surface area contributed by atoms with E-state index in [1.165, 1.54) is 0 Å². The molecule has 3 fully saturated rings. The number of halogens is 1. The highest BCUT2D eigenvalue weighted by Crippen LogP contribution is 2.52. The summed E-state index contributed by atoms with van der Waals surface area (Å²) < 4.78 is 19.4. The van der Waals surface area contributed by atoms with Gasteiger partial charge in [-0.1, -0.05) is 23.7 Å². The largest absolute Gasteiger partial charge is 0.494 e. The molecule has 3 aliphatic heterocycles. The summed E-state index contributed by atoms with van der Waals surface area (Å²) in [4.78, 5) is 13.9. The van der Waals surface area contributed by atoms with E-state index in [0.29, 0.717) is 22.5 Å². The van der Waals surface area contributed by atoms with Gasteiger partial charge in [-0.15, -0.1) is 0 Å². The minimum absolute atomic E-state index is 0.387. The molecule has 42 heavy (non-hydrogen) atoms. The Morgan fingerprint density at radius 1 is 0.881 bits per heavy atom. The first-order valence-electron chi connectivity index (χ1n) is 14.8. The highest BCUT2D eigenvalue weighted by Gasteiger charge is 2.31. The van der Waals surface area contributed by atoms with Crippen LogP contribution >= 0.6 is 18.7 Å². The van der Waals surface area contributed by atoms with Crippen molar-refractivity contribution < 1.29 is 9.30 Å². The number of likely N-dealkylation sites (N-methyl/N-ethyl adjacent to an activating group) is 1. The van der Waals surface area contributed by atoms with Gasteiger partial charge in [0.05, 0.1) is 24.7 Å². The van der Waals surface area contributed by atoms with Crippen molar-refractivity contribution in [2.24, 2.45) is 0 Å². The van der Waals surface area contributed by atoms with Crippen LogP contribution in [0.3, 0.4) is 0 Å². The number of aromatic nitrogens is 2. The second-order valence-electron chi connectivity index (χ2n) is 11.3. The lowest BCUT2D eigenvalue weighted by Crippen LogP contribution is -2.58. The van der Waals surface area contributed by atoms with E-state index in [9.17, 15) is 4.57 Å². The lowest BCUT2D eigenvalue weighted by atomic mass is 10.2. The minimum atomic E-state index is -2.41. The number of benzene rings is 2. The van der Waals surface area contributed by atoms with E-state index < -0.39 is 7.14 Å². The monoisotopic (exact) mass is 610 g/mol. The fourth-order valence-corrected chi connectivity index (χ4v) is 9.32. The number of methoxy groups -OCH3 is 1. The highest BCUT2D eigenvalue weighted by atomic mass is 35.5. The highest BCUT2D eigenvalue weighted by molar-refractivity contribution is 7.72. The molecule has 4 heterocycles. The van der Waals surface area contributed by atoms with Crippen molar-refractivity contribution in [1.29, 1.82) is 0 Å². The Kier molecular flexibility index (Phi) is 8.88. The molecule has 0 spiro atoms. The molecule has 0 saturated carbocycles. The Labute approximate surface area is 253 Å². The van der Waals surface area contributed by atoms with Crippen LogP contribution in [-0.2, 0) is 4.57 Å². The summed E-state index contributed by atoms with van der Waals surface area (Å²) in [6.45, 7) is 8.40. The molecule has 6 rings (SSSR count). The molecule has 2 N–H and O–H groups in total. The Balaban J connectivity index is 1.14. The molecule has 0 amide bonds. The van der Waals surface area contributed by atoms with Crippen molar-refractivity contribution in [2.45, 2.75) is 12.8 Å². The number of anilines is 5. The molecule has 0 bridgehead atoms. The Morgan fingerprint density at radius 2 is 1.57 bits per heavy atom. The smallest absolute Gasteiger partial charge is 0.229 e. The first kappa shape index (κ1) is 29.2. The van der Waals surface area contributed by atoms with E-state index in [4.69, 9.17) is 16.3 Å². The molecule has 3 saturated heterocycles. The summed E-state index contributed by atoms with van der Waals surface area (Å²) in [5, 5.41) is 12.9. The van der Waals surface area contributed by atoms with Crippen LogP contribution < -0.4 is 25.6 Å². The summed E-state index contributed by atoms with van der Waals surface area (Å²) in [6.07, 6.45) is 5.07. The van der Waals surface area contributed by atoms with Crippen LogP contribution in [0.2, 0.25) is 5.02 Å². The number of piperazine rings is 2. The average Bonchev–Trinajstić information content (AvgIpc) is 3.47. The second kappa shape index (κ2) is 12.8. The molecule has 2 aromatic carbocycles. The van der Waals surface area contributed by atoms with Gasteiger partial charge >= 0.3 is 0 Å². The molecule has 1 aromatic heterocycles. The summed E-state index contributed by atoms with van der Waals surface area (Å²) in [5.41, 5.74) is 2.68. The Hall–Kier alpha value is -2.88. The normalized spacial score (nSPS) is 20.0. The van der Waals surface area contributed by atoms with Crippen molar-refractivity contribution in [3.8, 4) is 5.75 Å². The first-order valence-corrected chi connectivity index (χ1v) is 17.2. The number of para-hydroxylation sites is 1. The van der Waals surface area contributed by atoms with E-state index >= 15 is 0 Å². The van der Waals surface area contributed by atoms with Crippen molar-refractivity contribution >= 4 is 52.9 Å². The maximum Gasteiger partial charge on any atom is 0.229 e. The van der Waals surface area contributed by atoms with Gasteiger partial charge in [-0.3, -0.25) is 0 Å². The van der Waals surface area contributed by atoms with E-state index in [-0.39, 0.29) is 0 Å². The topological polar surface area (TPSA) is 89.1 Å². The number of ether oxygens (including phenoxy) is 1. The maximum absolute atomic E-state index is 13.6. The zero-order chi connectivity index (χ0) is 29.1. The number of nitrogens with one attached hydrogen (secondary N) is 2. The first-order chi connectivity index (χ1) is 20.4. The minimum Gasteiger partial charge on any atom is -0.494 e. The van der Waals surface area contributed by atoms with E-state index in [0.717, 1.165) is 99.9 Å². The third-order valence-corrected chi connectivity index (χ3v) is 12.2. The predicted octanol–water partition coefficient (Wildman–Crippen LogP) is 4.69. The number of nitrogens with zero attached hydrogens (tertiary/aromatic N) is 6. The van der Waals surface area contributed by atoms with E-state index in [1.807, 2.05) is 30.3 Å². The SMILES string of the molecule is COc1cc(N2CCN(N3CCN(C)CC3)CC2)ccc1Nc1ncc(Cl)c(Nc2ccccc2P2(=O)CCCC2)n1. The number of hydrogen-bond acceptors (Lipinski definition) is 10. The lowest BCUT2D eigenvalue weighted by molar-refractivity contribution is -0.0564. The molecule has 3 aliphatic rings. The average molecular weight is 611 g/mol. The molecule has 224 valence electrons. The van der Waals surface area contributed by atoms with Crippen LogP contribution in [-0.4, -0.2) is 104 Å². The lowest BCUT2D eigenvalue weighted by Gasteiger charge is -2.44. The zero-order valence-corrected chi connectivity index (χ0v) is 26.1. The van der Waals surface area contributed by atoms with Crippen LogP contribution in [0.5, 0.6) is 5.75 Å². The third kappa shape index (κ3) is 6.38. The second-order valence-corrected chi connectivity index (χ2v) is 14.8. The summed E-state index contributed by atoms with van der Waals surface area (Å²) >= 11 is 6.50.